The average molecular weight is 308 g/mol. The van der Waals surface area contributed by atoms with Crippen LogP contribution < -0.4 is 0 Å². The molecule has 0 fully saturated rings. The first-order valence-corrected chi connectivity index (χ1v) is 9.90. The molecule has 0 aromatic heterocycles. The third-order valence-electron chi connectivity index (χ3n) is 1.77. The van der Waals surface area contributed by atoms with E-state index in [-0.39, 0.29) is 0 Å². The first-order chi connectivity index (χ1) is 6.09. The quantitative estimate of drug-likeness (QED) is 0.538. The normalized spacial score (nSPS) is 19.8. The summed E-state index contributed by atoms with van der Waals surface area (Å²) in [7, 11) is -3.08. The van der Waals surface area contributed by atoms with E-state index in [0.717, 1.165) is 5.56 Å². The number of hydrogen-bond donors (Lipinski definition) is 0. The van der Waals surface area contributed by atoms with Crippen LogP contribution in [0.1, 0.15) is 5.56 Å². The standard InChI is InChI=1S/C9H9IO2S/c1-10-6-8-4-2-3-5-9(8)13(11,12)7-10/h2-7H,1H3. The van der Waals surface area contributed by atoms with Crippen LogP contribution in [0.4, 0.5) is 0 Å². The van der Waals surface area contributed by atoms with Crippen LogP contribution >= 0.6 is 18.9 Å². The van der Waals surface area contributed by atoms with Crippen LogP contribution in [0, 0.1) is 0 Å². The summed E-state index contributed by atoms with van der Waals surface area (Å²) in [6.07, 6.45) is 0. The van der Waals surface area contributed by atoms with Gasteiger partial charge in [0, 0.05) is 0 Å². The molecule has 0 spiro atoms. The zero-order valence-electron chi connectivity index (χ0n) is 7.07. The Labute approximate surface area is 83.9 Å². The maximum absolute atomic E-state index is 11.6. The van der Waals surface area contributed by atoms with Gasteiger partial charge in [0.1, 0.15) is 0 Å². The molecule has 1 aromatic carbocycles. The summed E-state index contributed by atoms with van der Waals surface area (Å²) in [5.41, 5.74) is 0.887. The molecule has 13 heavy (non-hydrogen) atoms. The van der Waals surface area contributed by atoms with Crippen molar-refractivity contribution in [3.05, 3.63) is 29.8 Å². The van der Waals surface area contributed by atoms with Crippen molar-refractivity contribution >= 4 is 36.1 Å². The Hall–Kier alpha value is -0.360. The molecule has 0 aliphatic carbocycles. The fourth-order valence-corrected chi connectivity index (χ4v) is 8.76. The largest absolute Gasteiger partial charge is 0.219 e. The molecule has 0 unspecified atom stereocenters. The van der Waals surface area contributed by atoms with Crippen molar-refractivity contribution in [2.75, 3.05) is 4.93 Å². The Bertz CT molecular complexity index is 534. The van der Waals surface area contributed by atoms with Crippen molar-refractivity contribution in [1.82, 2.24) is 0 Å². The number of halogens is 1. The van der Waals surface area contributed by atoms with Crippen LogP contribution in [-0.4, -0.2) is 20.7 Å². The van der Waals surface area contributed by atoms with Crippen molar-refractivity contribution in [3.8, 4) is 0 Å². The second kappa shape index (κ2) is 3.09. The molecular formula is C9H9IO2S. The molecule has 0 amide bonds. The van der Waals surface area contributed by atoms with Crippen molar-refractivity contribution in [2.24, 2.45) is 0 Å². The maximum atomic E-state index is 11.6. The van der Waals surface area contributed by atoms with Crippen LogP contribution in [0.15, 0.2) is 29.2 Å². The predicted octanol–water partition coefficient (Wildman–Crippen LogP) is 1.52. The van der Waals surface area contributed by atoms with Gasteiger partial charge in [0.15, 0.2) is 0 Å². The van der Waals surface area contributed by atoms with E-state index >= 15 is 0 Å². The van der Waals surface area contributed by atoms with Crippen molar-refractivity contribution in [2.45, 2.75) is 4.90 Å². The molecule has 0 saturated heterocycles. The maximum Gasteiger partial charge on any atom is 0.205 e. The molecule has 0 radical (unpaired) electrons. The molecular weight excluding hydrogens is 299 g/mol. The second-order valence-electron chi connectivity index (χ2n) is 2.84. The Morgan fingerprint density at radius 1 is 1.23 bits per heavy atom. The first kappa shape index (κ1) is 9.21. The average Bonchev–Trinajstić information content (AvgIpc) is 2.02. The number of hydrogen-bond acceptors (Lipinski definition) is 2. The van der Waals surface area contributed by atoms with Crippen LogP contribution in [0.25, 0.3) is 0 Å². The van der Waals surface area contributed by atoms with E-state index in [9.17, 15) is 8.42 Å². The minimum absolute atomic E-state index is 0.463. The van der Waals surface area contributed by atoms with Gasteiger partial charge in [-0.05, 0) is 20.6 Å². The van der Waals surface area contributed by atoms with Gasteiger partial charge in [-0.3, -0.25) is 0 Å². The summed E-state index contributed by atoms with van der Waals surface area (Å²) in [6, 6.07) is 7.17. The summed E-state index contributed by atoms with van der Waals surface area (Å²) in [5, 5.41) is 0. The van der Waals surface area contributed by atoms with Crippen LogP contribution in [0.2, 0.25) is 0 Å². The highest BCUT2D eigenvalue weighted by atomic mass is 127. The second-order valence-corrected chi connectivity index (χ2v) is 9.91. The lowest BCUT2D eigenvalue weighted by molar-refractivity contribution is 0.608. The molecule has 4 heteroatoms. The zero-order chi connectivity index (χ0) is 9.47. The van der Waals surface area contributed by atoms with Gasteiger partial charge in [-0.15, -0.1) is 18.9 Å². The highest BCUT2D eigenvalue weighted by Gasteiger charge is 2.16. The summed E-state index contributed by atoms with van der Waals surface area (Å²) < 4.78 is 26.9. The van der Waals surface area contributed by atoms with E-state index in [2.05, 4.69) is 4.01 Å². The minimum Gasteiger partial charge on any atom is -0.219 e. The lowest BCUT2D eigenvalue weighted by Crippen LogP contribution is -2.07. The molecule has 1 aromatic rings. The number of alkyl halides is 1. The molecule has 0 saturated carbocycles. The summed E-state index contributed by atoms with van der Waals surface area (Å²) in [5.74, 6) is 0. The van der Waals surface area contributed by atoms with Crippen molar-refractivity contribution < 1.29 is 8.42 Å². The fourth-order valence-electron chi connectivity index (χ4n) is 1.27. The van der Waals surface area contributed by atoms with Crippen molar-refractivity contribution in [1.29, 1.82) is 0 Å². The summed E-state index contributed by atoms with van der Waals surface area (Å²) in [6.45, 7) is 0. The van der Waals surface area contributed by atoms with Gasteiger partial charge >= 0.3 is 0 Å². The highest BCUT2D eigenvalue weighted by Crippen LogP contribution is 2.23. The SMILES string of the molecule is CI1=Cc2ccccc2S(=O)(=O)C=1. The number of sulfone groups is 1. The van der Waals surface area contributed by atoms with E-state index in [0.29, 0.717) is 4.90 Å². The third kappa shape index (κ3) is 1.65. The molecule has 1 aliphatic heterocycles. The number of benzene rings is 1. The Balaban J connectivity index is 2.89. The third-order valence-corrected chi connectivity index (χ3v) is 9.34. The predicted molar refractivity (Wildman–Crippen MR) is 64.8 cm³/mol. The van der Waals surface area contributed by atoms with E-state index in [1.807, 2.05) is 17.1 Å². The summed E-state index contributed by atoms with van der Waals surface area (Å²) in [4.78, 5) is 2.49. The van der Waals surface area contributed by atoms with Crippen LogP contribution in [0.3, 0.4) is 0 Å². The Morgan fingerprint density at radius 2 is 1.92 bits per heavy atom. The molecule has 0 atom stereocenters. The molecule has 70 valence electrons. The lowest BCUT2D eigenvalue weighted by Gasteiger charge is -2.07. The molecule has 0 N–H and O–H groups in total. The van der Waals surface area contributed by atoms with Crippen LogP contribution in [0.5, 0.6) is 0 Å². The molecule has 0 bridgehead atoms. The molecule has 1 aliphatic rings. The molecule has 2 rings (SSSR count). The van der Waals surface area contributed by atoms with Gasteiger partial charge in [0.2, 0.25) is 9.84 Å². The van der Waals surface area contributed by atoms with Gasteiger partial charge < -0.3 is 0 Å². The first-order valence-electron chi connectivity index (χ1n) is 3.70. The Morgan fingerprint density at radius 3 is 2.69 bits per heavy atom. The van der Waals surface area contributed by atoms with Crippen LogP contribution in [-0.2, 0) is 9.84 Å². The van der Waals surface area contributed by atoms with Gasteiger partial charge in [-0.2, -0.15) is 0 Å². The van der Waals surface area contributed by atoms with E-state index < -0.39 is 28.7 Å². The molecule has 1 heterocycles. The number of fused-ring (bicyclic) bond motifs is 1. The van der Waals surface area contributed by atoms with Gasteiger partial charge in [0.05, 0.1) is 8.24 Å². The monoisotopic (exact) mass is 308 g/mol. The van der Waals surface area contributed by atoms with E-state index in [4.69, 9.17) is 0 Å². The zero-order valence-corrected chi connectivity index (χ0v) is 10.0. The minimum atomic E-state index is -3.08. The van der Waals surface area contributed by atoms with Gasteiger partial charge in [0.25, 0.3) is 0 Å². The van der Waals surface area contributed by atoms with E-state index in [1.54, 1.807) is 15.5 Å². The Kier molecular flexibility index (Phi) is 2.19. The van der Waals surface area contributed by atoms with Crippen molar-refractivity contribution in [3.63, 3.8) is 0 Å². The number of rotatable bonds is 0. The topological polar surface area (TPSA) is 34.1 Å². The van der Waals surface area contributed by atoms with Gasteiger partial charge in [-0.25, -0.2) is 8.42 Å². The van der Waals surface area contributed by atoms with Gasteiger partial charge in [-0.1, -0.05) is 18.2 Å². The highest BCUT2D eigenvalue weighted by molar-refractivity contribution is 14.2. The lowest BCUT2D eigenvalue weighted by atomic mass is 10.2. The smallest absolute Gasteiger partial charge is 0.205 e. The molecule has 2 nitrogen and oxygen atoms in total. The van der Waals surface area contributed by atoms with E-state index in [1.165, 1.54) is 0 Å². The summed E-state index contributed by atoms with van der Waals surface area (Å²) >= 11 is -1.46. The fraction of sp³-hybridized carbons (Fsp3) is 0.111.